The van der Waals surface area contributed by atoms with E-state index in [0.29, 0.717) is 32.3 Å². The molecule has 36 heavy (non-hydrogen) atoms. The molecule has 0 atom stereocenters. The SMILES string of the molecule is O=C(N/N=C/c1cc(Br)c(OCc2cccc([N+](=O)[O-])c2)c(I)c1)c1cc2cc([N+](=O)[O-])ccc2o1. The summed E-state index contributed by atoms with van der Waals surface area (Å²) in [5, 5.41) is 26.2. The number of nitro benzene ring substituents is 2. The van der Waals surface area contributed by atoms with Gasteiger partial charge in [0.25, 0.3) is 11.4 Å². The summed E-state index contributed by atoms with van der Waals surface area (Å²) >= 11 is 5.54. The van der Waals surface area contributed by atoms with Crippen molar-refractivity contribution in [2.45, 2.75) is 6.61 Å². The van der Waals surface area contributed by atoms with Crippen molar-refractivity contribution in [3.63, 3.8) is 0 Å². The second kappa shape index (κ2) is 10.8. The largest absolute Gasteiger partial charge is 0.487 e. The van der Waals surface area contributed by atoms with Crippen LogP contribution in [0.3, 0.4) is 0 Å². The molecule has 0 saturated carbocycles. The van der Waals surface area contributed by atoms with Crippen molar-refractivity contribution in [2.75, 3.05) is 0 Å². The Labute approximate surface area is 224 Å². The fourth-order valence-electron chi connectivity index (χ4n) is 3.18. The zero-order chi connectivity index (χ0) is 25.8. The minimum Gasteiger partial charge on any atom is -0.487 e. The highest BCUT2D eigenvalue weighted by Gasteiger charge is 2.15. The molecule has 0 aliphatic rings. The fraction of sp³-hybridized carbons (Fsp3) is 0.0435. The van der Waals surface area contributed by atoms with E-state index in [1.165, 1.54) is 42.6 Å². The minimum absolute atomic E-state index is 0.0116. The zero-order valence-electron chi connectivity index (χ0n) is 18.0. The summed E-state index contributed by atoms with van der Waals surface area (Å²) in [6.45, 7) is 0.139. The molecular formula is C23H14BrIN4O7. The van der Waals surface area contributed by atoms with Gasteiger partial charge in [0, 0.05) is 29.7 Å². The van der Waals surface area contributed by atoms with Gasteiger partial charge < -0.3 is 9.15 Å². The number of hydrogen-bond acceptors (Lipinski definition) is 8. The number of ether oxygens (including phenoxy) is 1. The van der Waals surface area contributed by atoms with Gasteiger partial charge in [-0.1, -0.05) is 12.1 Å². The van der Waals surface area contributed by atoms with Gasteiger partial charge in [0.1, 0.15) is 17.9 Å². The fourth-order valence-corrected chi connectivity index (χ4v) is 4.95. The van der Waals surface area contributed by atoms with Crippen LogP contribution in [0.25, 0.3) is 11.0 Å². The third kappa shape index (κ3) is 5.85. The number of carbonyl (C=O) groups is 1. The van der Waals surface area contributed by atoms with E-state index in [0.717, 1.165) is 3.57 Å². The first-order valence-corrected chi connectivity index (χ1v) is 11.9. The number of carbonyl (C=O) groups excluding carboxylic acids is 1. The number of furan rings is 1. The maximum Gasteiger partial charge on any atom is 0.307 e. The van der Waals surface area contributed by atoms with Gasteiger partial charge in [0.05, 0.1) is 24.1 Å². The van der Waals surface area contributed by atoms with Crippen LogP contribution in [0.4, 0.5) is 11.4 Å². The second-order valence-electron chi connectivity index (χ2n) is 7.32. The number of nitrogens with one attached hydrogen (secondary N) is 1. The van der Waals surface area contributed by atoms with Crippen molar-refractivity contribution in [2.24, 2.45) is 5.10 Å². The quantitative estimate of drug-likeness (QED) is 0.106. The lowest BCUT2D eigenvalue weighted by Gasteiger charge is -2.11. The molecule has 0 bridgehead atoms. The van der Waals surface area contributed by atoms with Crippen LogP contribution in [-0.4, -0.2) is 22.0 Å². The summed E-state index contributed by atoms with van der Waals surface area (Å²) in [7, 11) is 0. The topological polar surface area (TPSA) is 150 Å². The number of hydrazone groups is 1. The zero-order valence-corrected chi connectivity index (χ0v) is 21.8. The highest BCUT2D eigenvalue weighted by Crippen LogP contribution is 2.32. The first kappa shape index (κ1) is 25.2. The Bertz CT molecular complexity index is 1510. The van der Waals surface area contributed by atoms with E-state index in [2.05, 4.69) is 49.0 Å². The Morgan fingerprint density at radius 2 is 1.83 bits per heavy atom. The Morgan fingerprint density at radius 3 is 2.56 bits per heavy atom. The number of fused-ring (bicyclic) bond motifs is 1. The summed E-state index contributed by atoms with van der Waals surface area (Å²) in [4.78, 5) is 33.2. The maximum absolute atomic E-state index is 12.4. The number of nitrogens with zero attached hydrogens (tertiary/aromatic N) is 3. The second-order valence-corrected chi connectivity index (χ2v) is 9.33. The molecule has 0 radical (unpaired) electrons. The van der Waals surface area contributed by atoms with Gasteiger partial charge in [-0.05, 0) is 73.9 Å². The molecule has 1 N–H and O–H groups in total. The third-order valence-electron chi connectivity index (χ3n) is 4.84. The first-order valence-electron chi connectivity index (χ1n) is 10.1. The van der Waals surface area contributed by atoms with Gasteiger partial charge >= 0.3 is 5.91 Å². The first-order chi connectivity index (χ1) is 17.2. The van der Waals surface area contributed by atoms with Crippen LogP contribution < -0.4 is 10.2 Å². The van der Waals surface area contributed by atoms with E-state index in [1.807, 2.05) is 0 Å². The van der Waals surface area contributed by atoms with Crippen LogP contribution >= 0.6 is 38.5 Å². The maximum atomic E-state index is 12.4. The molecule has 4 aromatic rings. The molecule has 182 valence electrons. The standard InChI is InChI=1S/C23H14BrIN4O7/c24-18-7-14(8-19(25)22(18)35-12-13-2-1-3-16(6-13)28(31)32)11-26-27-23(30)21-10-15-9-17(29(33)34)4-5-20(15)36-21/h1-11H,12H2,(H,27,30)/b26-11+. The number of non-ortho nitro benzene ring substituents is 2. The molecule has 4 rings (SSSR count). The van der Waals surface area contributed by atoms with Gasteiger partial charge in [-0.2, -0.15) is 5.10 Å². The smallest absolute Gasteiger partial charge is 0.307 e. The molecule has 13 heteroatoms. The van der Waals surface area contributed by atoms with Crippen molar-refractivity contribution in [3.05, 3.63) is 106 Å². The summed E-state index contributed by atoms with van der Waals surface area (Å²) in [5.41, 5.74) is 3.90. The number of nitro groups is 2. The van der Waals surface area contributed by atoms with Gasteiger partial charge in [-0.3, -0.25) is 25.0 Å². The Hall–Kier alpha value is -3.85. The Balaban J connectivity index is 1.41. The van der Waals surface area contributed by atoms with Crippen LogP contribution in [0.1, 0.15) is 21.7 Å². The molecule has 0 saturated heterocycles. The average molecular weight is 665 g/mol. The molecule has 0 aliphatic carbocycles. The lowest BCUT2D eigenvalue weighted by atomic mass is 10.2. The molecule has 0 spiro atoms. The van der Waals surface area contributed by atoms with Gasteiger partial charge in [0.15, 0.2) is 5.76 Å². The molecule has 0 aliphatic heterocycles. The summed E-state index contributed by atoms with van der Waals surface area (Å²) in [6.07, 6.45) is 1.43. The molecule has 0 unspecified atom stereocenters. The molecular weight excluding hydrogens is 651 g/mol. The number of halogens is 2. The summed E-state index contributed by atoms with van der Waals surface area (Å²) in [6, 6.07) is 15.2. The van der Waals surface area contributed by atoms with Crippen molar-refractivity contribution in [1.29, 1.82) is 0 Å². The highest BCUT2D eigenvalue weighted by molar-refractivity contribution is 14.1. The van der Waals surface area contributed by atoms with Crippen LogP contribution in [0.5, 0.6) is 5.75 Å². The van der Waals surface area contributed by atoms with Crippen LogP contribution in [-0.2, 0) is 6.61 Å². The Morgan fingerprint density at radius 1 is 1.08 bits per heavy atom. The van der Waals surface area contributed by atoms with Crippen molar-refractivity contribution < 1.29 is 23.8 Å². The predicted molar refractivity (Wildman–Crippen MR) is 142 cm³/mol. The van der Waals surface area contributed by atoms with Crippen molar-refractivity contribution in [1.82, 2.24) is 5.43 Å². The van der Waals surface area contributed by atoms with E-state index in [-0.39, 0.29) is 23.7 Å². The lowest BCUT2D eigenvalue weighted by molar-refractivity contribution is -0.385. The molecule has 1 aromatic heterocycles. The van der Waals surface area contributed by atoms with Crippen molar-refractivity contribution >= 4 is 73.0 Å². The Kier molecular flexibility index (Phi) is 7.59. The van der Waals surface area contributed by atoms with Gasteiger partial charge in [0.2, 0.25) is 0 Å². The number of amides is 1. The monoisotopic (exact) mass is 664 g/mol. The number of rotatable bonds is 8. The lowest BCUT2D eigenvalue weighted by Crippen LogP contribution is -2.16. The molecule has 11 nitrogen and oxygen atoms in total. The summed E-state index contributed by atoms with van der Waals surface area (Å²) < 4.78 is 12.7. The van der Waals surface area contributed by atoms with Gasteiger partial charge in [-0.15, -0.1) is 0 Å². The summed E-state index contributed by atoms with van der Waals surface area (Å²) in [5.74, 6) is -0.0984. The van der Waals surface area contributed by atoms with E-state index in [4.69, 9.17) is 9.15 Å². The molecule has 3 aromatic carbocycles. The molecule has 0 fully saturated rings. The minimum atomic E-state index is -0.615. The average Bonchev–Trinajstić information content (AvgIpc) is 3.27. The number of hydrogen-bond donors (Lipinski definition) is 1. The van der Waals surface area contributed by atoms with E-state index < -0.39 is 15.8 Å². The van der Waals surface area contributed by atoms with E-state index in [1.54, 1.807) is 24.3 Å². The third-order valence-corrected chi connectivity index (χ3v) is 6.23. The van der Waals surface area contributed by atoms with Crippen LogP contribution in [0.15, 0.2) is 74.7 Å². The van der Waals surface area contributed by atoms with Crippen LogP contribution in [0, 0.1) is 23.8 Å². The van der Waals surface area contributed by atoms with Crippen LogP contribution in [0.2, 0.25) is 0 Å². The van der Waals surface area contributed by atoms with E-state index in [9.17, 15) is 25.0 Å². The normalized spacial score (nSPS) is 11.1. The molecule has 1 heterocycles. The van der Waals surface area contributed by atoms with Gasteiger partial charge in [-0.25, -0.2) is 5.43 Å². The molecule has 1 amide bonds. The number of benzene rings is 3. The highest BCUT2D eigenvalue weighted by atomic mass is 127. The van der Waals surface area contributed by atoms with E-state index >= 15 is 0 Å². The van der Waals surface area contributed by atoms with Crippen molar-refractivity contribution in [3.8, 4) is 5.75 Å². The predicted octanol–water partition coefficient (Wildman–Crippen LogP) is 5.96.